The minimum atomic E-state index is 0.869. The highest BCUT2D eigenvalue weighted by Crippen LogP contribution is 2.24. The minimum absolute atomic E-state index is 0.869. The highest BCUT2D eigenvalue weighted by molar-refractivity contribution is 5.48. The maximum atomic E-state index is 3.41. The molecule has 2 aliphatic heterocycles. The molecular weight excluding hydrogens is 210 g/mol. The van der Waals surface area contributed by atoms with Crippen LogP contribution in [0.1, 0.15) is 0 Å². The van der Waals surface area contributed by atoms with E-state index in [2.05, 4.69) is 45.4 Å². The Hall–Kier alpha value is -1.06. The fraction of sp³-hybridized carbons (Fsp3) is 0.571. The fourth-order valence-corrected chi connectivity index (χ4v) is 2.79. The van der Waals surface area contributed by atoms with Gasteiger partial charge >= 0.3 is 0 Å². The van der Waals surface area contributed by atoms with E-state index in [4.69, 9.17) is 0 Å². The van der Waals surface area contributed by atoms with E-state index >= 15 is 0 Å². The first kappa shape index (κ1) is 11.1. The Labute approximate surface area is 103 Å². The van der Waals surface area contributed by atoms with Gasteiger partial charge in [-0.3, -0.25) is 0 Å². The predicted octanol–water partition coefficient (Wildman–Crippen LogP) is 1.03. The molecule has 92 valence electrons. The Balaban J connectivity index is 1.45. The second kappa shape index (κ2) is 5.07. The molecule has 2 aliphatic rings. The van der Waals surface area contributed by atoms with E-state index < -0.39 is 0 Å². The molecule has 0 saturated carbocycles. The molecule has 17 heavy (non-hydrogen) atoms. The van der Waals surface area contributed by atoms with Crippen molar-refractivity contribution >= 4 is 5.69 Å². The molecule has 0 unspecified atom stereocenters. The molecule has 1 N–H and O–H groups in total. The topological polar surface area (TPSA) is 18.5 Å². The molecule has 0 spiro atoms. The molecule has 1 aromatic rings. The summed E-state index contributed by atoms with van der Waals surface area (Å²) in [6, 6.07) is 10.8. The molecule has 0 amide bonds. The molecule has 2 heterocycles. The van der Waals surface area contributed by atoms with Gasteiger partial charge in [-0.2, -0.15) is 0 Å². The van der Waals surface area contributed by atoms with E-state index in [-0.39, 0.29) is 0 Å². The standard InChI is InChI=1S/C14H21N3/c1-2-4-14(5-3-1)17-11-13(12-17)10-16-8-6-15-7-9-16/h1-5,13,15H,6-12H2. The van der Waals surface area contributed by atoms with Crippen molar-refractivity contribution < 1.29 is 0 Å². The van der Waals surface area contributed by atoms with Crippen LogP contribution in [0, 0.1) is 5.92 Å². The average molecular weight is 231 g/mol. The SMILES string of the molecule is c1ccc(N2CC(CN3CCNCC3)C2)cc1. The van der Waals surface area contributed by atoms with Crippen molar-refractivity contribution in [1.82, 2.24) is 10.2 Å². The zero-order chi connectivity index (χ0) is 11.5. The number of benzene rings is 1. The molecular formula is C14H21N3. The third-order valence-electron chi connectivity index (χ3n) is 3.80. The number of anilines is 1. The van der Waals surface area contributed by atoms with Gasteiger partial charge in [-0.05, 0) is 12.1 Å². The lowest BCUT2D eigenvalue weighted by Crippen LogP contribution is -2.54. The van der Waals surface area contributed by atoms with Crippen LogP contribution in [0.15, 0.2) is 30.3 Å². The molecule has 0 aromatic heterocycles. The molecule has 3 heteroatoms. The quantitative estimate of drug-likeness (QED) is 0.838. The van der Waals surface area contributed by atoms with Crippen LogP contribution in [-0.2, 0) is 0 Å². The summed E-state index contributed by atoms with van der Waals surface area (Å²) >= 11 is 0. The van der Waals surface area contributed by atoms with Gasteiger partial charge in [0.2, 0.25) is 0 Å². The van der Waals surface area contributed by atoms with Crippen molar-refractivity contribution in [1.29, 1.82) is 0 Å². The summed E-state index contributed by atoms with van der Waals surface area (Å²) < 4.78 is 0. The summed E-state index contributed by atoms with van der Waals surface area (Å²) in [5.41, 5.74) is 1.38. The second-order valence-electron chi connectivity index (χ2n) is 5.16. The Morgan fingerprint density at radius 3 is 2.47 bits per heavy atom. The Kier molecular flexibility index (Phi) is 3.29. The van der Waals surface area contributed by atoms with Crippen LogP contribution < -0.4 is 10.2 Å². The van der Waals surface area contributed by atoms with Crippen LogP contribution in [0.3, 0.4) is 0 Å². The molecule has 3 rings (SSSR count). The largest absolute Gasteiger partial charge is 0.371 e. The van der Waals surface area contributed by atoms with Gasteiger partial charge in [-0.1, -0.05) is 18.2 Å². The zero-order valence-corrected chi connectivity index (χ0v) is 10.3. The third-order valence-corrected chi connectivity index (χ3v) is 3.80. The summed E-state index contributed by atoms with van der Waals surface area (Å²) in [5, 5.41) is 3.41. The smallest absolute Gasteiger partial charge is 0.0366 e. The molecule has 2 fully saturated rings. The minimum Gasteiger partial charge on any atom is -0.371 e. The van der Waals surface area contributed by atoms with Crippen LogP contribution in [0.2, 0.25) is 0 Å². The van der Waals surface area contributed by atoms with Crippen molar-refractivity contribution in [3.05, 3.63) is 30.3 Å². The number of nitrogens with zero attached hydrogens (tertiary/aromatic N) is 2. The number of piperazine rings is 1. The summed E-state index contributed by atoms with van der Waals surface area (Å²) in [6.45, 7) is 8.51. The van der Waals surface area contributed by atoms with E-state index in [0.717, 1.165) is 19.0 Å². The van der Waals surface area contributed by atoms with E-state index in [0.29, 0.717) is 0 Å². The number of hydrogen-bond acceptors (Lipinski definition) is 3. The predicted molar refractivity (Wildman–Crippen MR) is 71.5 cm³/mol. The van der Waals surface area contributed by atoms with Gasteiger partial charge in [0.05, 0.1) is 0 Å². The first-order valence-electron chi connectivity index (χ1n) is 6.65. The van der Waals surface area contributed by atoms with Crippen LogP contribution in [-0.4, -0.2) is 50.7 Å². The molecule has 0 radical (unpaired) electrons. The van der Waals surface area contributed by atoms with Gasteiger partial charge in [0, 0.05) is 57.4 Å². The number of nitrogens with one attached hydrogen (secondary N) is 1. The normalized spacial score (nSPS) is 22.5. The second-order valence-corrected chi connectivity index (χ2v) is 5.16. The van der Waals surface area contributed by atoms with Crippen LogP contribution in [0.25, 0.3) is 0 Å². The number of hydrogen-bond donors (Lipinski definition) is 1. The maximum absolute atomic E-state index is 3.41. The van der Waals surface area contributed by atoms with E-state index in [1.54, 1.807) is 0 Å². The van der Waals surface area contributed by atoms with Gasteiger partial charge in [-0.25, -0.2) is 0 Å². The zero-order valence-electron chi connectivity index (χ0n) is 10.3. The van der Waals surface area contributed by atoms with E-state index in [1.165, 1.54) is 38.4 Å². The van der Waals surface area contributed by atoms with Gasteiger partial charge in [-0.15, -0.1) is 0 Å². The molecule has 0 bridgehead atoms. The Morgan fingerprint density at radius 2 is 1.76 bits per heavy atom. The van der Waals surface area contributed by atoms with Crippen molar-refractivity contribution in [3.8, 4) is 0 Å². The van der Waals surface area contributed by atoms with Gasteiger partial charge in [0.15, 0.2) is 0 Å². The molecule has 2 saturated heterocycles. The number of para-hydroxylation sites is 1. The lowest BCUT2D eigenvalue weighted by atomic mass is 9.98. The van der Waals surface area contributed by atoms with Crippen molar-refractivity contribution in [3.63, 3.8) is 0 Å². The number of rotatable bonds is 3. The lowest BCUT2D eigenvalue weighted by molar-refractivity contribution is 0.189. The first-order chi connectivity index (χ1) is 8.42. The fourth-order valence-electron chi connectivity index (χ4n) is 2.79. The van der Waals surface area contributed by atoms with Gasteiger partial charge in [0.25, 0.3) is 0 Å². The van der Waals surface area contributed by atoms with Crippen molar-refractivity contribution in [2.45, 2.75) is 0 Å². The van der Waals surface area contributed by atoms with E-state index in [9.17, 15) is 0 Å². The third kappa shape index (κ3) is 2.61. The van der Waals surface area contributed by atoms with Gasteiger partial charge in [0.1, 0.15) is 0 Å². The highest BCUT2D eigenvalue weighted by atomic mass is 15.2. The van der Waals surface area contributed by atoms with Gasteiger partial charge < -0.3 is 15.1 Å². The average Bonchev–Trinajstić information content (AvgIpc) is 2.36. The van der Waals surface area contributed by atoms with Crippen molar-refractivity contribution in [2.24, 2.45) is 5.92 Å². The summed E-state index contributed by atoms with van der Waals surface area (Å²) in [7, 11) is 0. The summed E-state index contributed by atoms with van der Waals surface area (Å²) in [4.78, 5) is 5.08. The Morgan fingerprint density at radius 1 is 1.06 bits per heavy atom. The van der Waals surface area contributed by atoms with Crippen LogP contribution in [0.5, 0.6) is 0 Å². The molecule has 3 nitrogen and oxygen atoms in total. The molecule has 0 atom stereocenters. The van der Waals surface area contributed by atoms with E-state index in [1.807, 2.05) is 0 Å². The lowest BCUT2D eigenvalue weighted by Gasteiger charge is -2.43. The Bertz CT molecular complexity index is 340. The highest BCUT2D eigenvalue weighted by Gasteiger charge is 2.28. The summed E-state index contributed by atoms with van der Waals surface area (Å²) in [6.07, 6.45) is 0. The molecule has 0 aliphatic carbocycles. The maximum Gasteiger partial charge on any atom is 0.0366 e. The van der Waals surface area contributed by atoms with Crippen molar-refractivity contribution in [2.75, 3.05) is 50.7 Å². The first-order valence-corrected chi connectivity index (χ1v) is 6.65. The van der Waals surface area contributed by atoms with Crippen LogP contribution in [0.4, 0.5) is 5.69 Å². The van der Waals surface area contributed by atoms with Crippen LogP contribution >= 0.6 is 0 Å². The monoisotopic (exact) mass is 231 g/mol. The summed E-state index contributed by atoms with van der Waals surface area (Å²) in [5.74, 6) is 0.869. The molecule has 1 aromatic carbocycles.